The lowest BCUT2D eigenvalue weighted by molar-refractivity contribution is 0.0733. The molecule has 0 amide bonds. The molecular formula is C17H16O4. The largest absolute Gasteiger partial charge is 0.494 e. The highest BCUT2D eigenvalue weighted by Gasteiger charge is 2.10. The summed E-state index contributed by atoms with van der Waals surface area (Å²) >= 11 is 0. The first-order chi connectivity index (χ1) is 10.2. The van der Waals surface area contributed by atoms with Gasteiger partial charge in [-0.25, -0.2) is 4.79 Å². The van der Waals surface area contributed by atoms with Crippen LogP contribution in [0.5, 0.6) is 11.5 Å². The maximum atomic E-state index is 12.1. The smallest absolute Gasteiger partial charge is 0.343 e. The summed E-state index contributed by atoms with van der Waals surface area (Å²) in [5.74, 6) is 0.484. The Bertz CT molecular complexity index is 634. The quantitative estimate of drug-likeness (QED) is 0.463. The number of aldehydes is 1. The van der Waals surface area contributed by atoms with Gasteiger partial charge in [-0.15, -0.1) is 0 Å². The molecule has 0 saturated carbocycles. The van der Waals surface area contributed by atoms with E-state index >= 15 is 0 Å². The molecule has 0 aromatic heterocycles. The molecule has 0 N–H and O–H groups in total. The first-order valence-corrected chi connectivity index (χ1v) is 6.73. The summed E-state index contributed by atoms with van der Waals surface area (Å²) in [6, 6.07) is 13.3. The summed E-state index contributed by atoms with van der Waals surface area (Å²) in [4.78, 5) is 22.8. The molecule has 0 spiro atoms. The molecule has 0 heterocycles. The van der Waals surface area contributed by atoms with E-state index in [4.69, 9.17) is 9.47 Å². The Hall–Kier alpha value is -2.62. The second kappa shape index (κ2) is 7.24. The van der Waals surface area contributed by atoms with Crippen LogP contribution in [0.3, 0.4) is 0 Å². The Balaban J connectivity index is 2.10. The van der Waals surface area contributed by atoms with Crippen LogP contribution >= 0.6 is 0 Å². The fourth-order valence-electron chi connectivity index (χ4n) is 1.75. The van der Waals surface area contributed by atoms with Gasteiger partial charge in [-0.3, -0.25) is 4.79 Å². The van der Waals surface area contributed by atoms with Crippen molar-refractivity contribution in [2.75, 3.05) is 6.61 Å². The minimum Gasteiger partial charge on any atom is -0.494 e. The van der Waals surface area contributed by atoms with Crippen molar-refractivity contribution in [3.8, 4) is 11.5 Å². The number of benzene rings is 2. The van der Waals surface area contributed by atoms with E-state index in [1.807, 2.05) is 6.92 Å². The van der Waals surface area contributed by atoms with E-state index in [2.05, 4.69) is 0 Å². The summed E-state index contributed by atoms with van der Waals surface area (Å²) in [5, 5.41) is 0. The van der Waals surface area contributed by atoms with Gasteiger partial charge in [-0.2, -0.15) is 0 Å². The van der Waals surface area contributed by atoms with E-state index in [9.17, 15) is 9.59 Å². The Labute approximate surface area is 123 Å². The number of hydrogen-bond donors (Lipinski definition) is 0. The van der Waals surface area contributed by atoms with Gasteiger partial charge < -0.3 is 9.47 Å². The molecule has 4 heteroatoms. The van der Waals surface area contributed by atoms with Gasteiger partial charge in [0.25, 0.3) is 0 Å². The number of carbonyl (C=O) groups is 2. The first kappa shape index (κ1) is 14.8. The zero-order chi connectivity index (χ0) is 15.1. The van der Waals surface area contributed by atoms with Gasteiger partial charge in [0, 0.05) is 5.56 Å². The maximum Gasteiger partial charge on any atom is 0.343 e. The molecule has 0 saturated heterocycles. The van der Waals surface area contributed by atoms with Crippen molar-refractivity contribution in [1.29, 1.82) is 0 Å². The first-order valence-electron chi connectivity index (χ1n) is 6.73. The van der Waals surface area contributed by atoms with Crippen LogP contribution in [0.2, 0.25) is 0 Å². The average molecular weight is 284 g/mol. The topological polar surface area (TPSA) is 52.6 Å². The van der Waals surface area contributed by atoms with E-state index in [-0.39, 0.29) is 0 Å². The molecule has 4 nitrogen and oxygen atoms in total. The molecule has 2 rings (SSSR count). The highest BCUT2D eigenvalue weighted by molar-refractivity contribution is 5.91. The van der Waals surface area contributed by atoms with Crippen molar-refractivity contribution in [3.05, 3.63) is 59.7 Å². The zero-order valence-corrected chi connectivity index (χ0v) is 11.7. The number of esters is 1. The molecular weight excluding hydrogens is 268 g/mol. The van der Waals surface area contributed by atoms with Crippen molar-refractivity contribution >= 4 is 12.3 Å². The van der Waals surface area contributed by atoms with Crippen molar-refractivity contribution in [2.45, 2.75) is 13.3 Å². The third-order valence-corrected chi connectivity index (χ3v) is 2.75. The third-order valence-electron chi connectivity index (χ3n) is 2.75. The zero-order valence-electron chi connectivity index (χ0n) is 11.7. The van der Waals surface area contributed by atoms with Crippen molar-refractivity contribution < 1.29 is 19.1 Å². The molecule has 2 aromatic rings. The van der Waals surface area contributed by atoms with E-state index < -0.39 is 5.97 Å². The molecule has 0 radical (unpaired) electrons. The van der Waals surface area contributed by atoms with E-state index in [0.717, 1.165) is 6.42 Å². The lowest BCUT2D eigenvalue weighted by atomic mass is 10.2. The van der Waals surface area contributed by atoms with Crippen molar-refractivity contribution in [3.63, 3.8) is 0 Å². The Kier molecular flexibility index (Phi) is 5.10. The summed E-state index contributed by atoms with van der Waals surface area (Å²) in [5.41, 5.74) is 0.862. The normalized spacial score (nSPS) is 9.95. The van der Waals surface area contributed by atoms with E-state index in [1.165, 1.54) is 6.07 Å². The maximum absolute atomic E-state index is 12.1. The van der Waals surface area contributed by atoms with E-state index in [0.29, 0.717) is 35.5 Å². The fourth-order valence-corrected chi connectivity index (χ4v) is 1.75. The van der Waals surface area contributed by atoms with Gasteiger partial charge in [-0.1, -0.05) is 25.1 Å². The molecule has 21 heavy (non-hydrogen) atoms. The Morgan fingerprint density at radius 2 is 1.86 bits per heavy atom. The minimum absolute atomic E-state index is 0.337. The van der Waals surface area contributed by atoms with Crippen LogP contribution in [0.4, 0.5) is 0 Å². The standard InChI is InChI=1S/C17H16O4/c1-2-9-20-15-7-4-6-14(11-15)17(19)21-16-8-3-5-13(10-16)12-18/h3-8,10-12H,2,9H2,1H3. The van der Waals surface area contributed by atoms with Crippen LogP contribution in [-0.4, -0.2) is 18.9 Å². The number of hydrogen-bond acceptors (Lipinski definition) is 4. The van der Waals surface area contributed by atoms with Crippen LogP contribution in [0.1, 0.15) is 34.1 Å². The molecule has 0 atom stereocenters. The molecule has 0 fully saturated rings. The highest BCUT2D eigenvalue weighted by atomic mass is 16.5. The molecule has 0 aliphatic carbocycles. The molecule has 0 aliphatic rings. The fraction of sp³-hybridized carbons (Fsp3) is 0.176. The third kappa shape index (κ3) is 4.18. The average Bonchev–Trinajstić information content (AvgIpc) is 2.53. The second-order valence-electron chi connectivity index (χ2n) is 4.46. The summed E-state index contributed by atoms with van der Waals surface area (Å²) in [6.45, 7) is 2.61. The van der Waals surface area contributed by atoms with E-state index in [1.54, 1.807) is 42.5 Å². The number of rotatable bonds is 6. The van der Waals surface area contributed by atoms with Gasteiger partial charge in [0.2, 0.25) is 0 Å². The SMILES string of the molecule is CCCOc1cccc(C(=O)Oc2cccc(C=O)c2)c1. The molecule has 0 unspecified atom stereocenters. The van der Waals surface area contributed by atoms with Gasteiger partial charge in [-0.05, 0) is 36.8 Å². The summed E-state index contributed by atoms with van der Waals surface area (Å²) in [6.07, 6.45) is 1.60. The molecule has 0 bridgehead atoms. The predicted octanol–water partition coefficient (Wildman–Crippen LogP) is 3.51. The molecule has 0 aliphatic heterocycles. The second-order valence-corrected chi connectivity index (χ2v) is 4.46. The molecule has 2 aromatic carbocycles. The van der Waals surface area contributed by atoms with Crippen LogP contribution in [-0.2, 0) is 0 Å². The van der Waals surface area contributed by atoms with Crippen molar-refractivity contribution in [2.24, 2.45) is 0 Å². The monoisotopic (exact) mass is 284 g/mol. The lowest BCUT2D eigenvalue weighted by Gasteiger charge is -2.07. The van der Waals surface area contributed by atoms with Crippen LogP contribution in [0, 0.1) is 0 Å². The minimum atomic E-state index is -0.486. The van der Waals surface area contributed by atoms with Gasteiger partial charge in [0.1, 0.15) is 17.8 Å². The van der Waals surface area contributed by atoms with Gasteiger partial charge >= 0.3 is 5.97 Å². The van der Waals surface area contributed by atoms with Gasteiger partial charge in [0.05, 0.1) is 12.2 Å². The van der Waals surface area contributed by atoms with Crippen LogP contribution in [0.25, 0.3) is 0 Å². The Morgan fingerprint density at radius 1 is 1.10 bits per heavy atom. The number of ether oxygens (including phenoxy) is 2. The number of carbonyl (C=O) groups excluding carboxylic acids is 2. The van der Waals surface area contributed by atoms with Gasteiger partial charge in [0.15, 0.2) is 0 Å². The highest BCUT2D eigenvalue weighted by Crippen LogP contribution is 2.17. The van der Waals surface area contributed by atoms with Crippen molar-refractivity contribution in [1.82, 2.24) is 0 Å². The predicted molar refractivity (Wildman–Crippen MR) is 79.0 cm³/mol. The van der Waals surface area contributed by atoms with Crippen LogP contribution < -0.4 is 9.47 Å². The van der Waals surface area contributed by atoms with Crippen LogP contribution in [0.15, 0.2) is 48.5 Å². The Morgan fingerprint density at radius 3 is 2.62 bits per heavy atom. The summed E-state index contributed by atoms with van der Waals surface area (Å²) in [7, 11) is 0. The molecule has 108 valence electrons. The lowest BCUT2D eigenvalue weighted by Crippen LogP contribution is -2.09. The summed E-state index contributed by atoms with van der Waals surface area (Å²) < 4.78 is 10.7.